The number of hydrogen-bond donors (Lipinski definition) is 4. The molecule has 0 aromatic heterocycles. The fraction of sp³-hybridized carbons (Fsp3) is 0.250. The summed E-state index contributed by atoms with van der Waals surface area (Å²) in [7, 11) is 0. The summed E-state index contributed by atoms with van der Waals surface area (Å²) >= 11 is 6.39. The van der Waals surface area contributed by atoms with Gasteiger partial charge in [0.05, 0.1) is 16.2 Å². The van der Waals surface area contributed by atoms with Crippen molar-refractivity contribution >= 4 is 35.3 Å². The van der Waals surface area contributed by atoms with E-state index in [1.165, 1.54) is 41.6 Å². The SMILES string of the molecule is CC1C=C2C3CC=C4C=C(Cl)C=NC42C=C(NCc2ccc(CNC(=O)c4cc(O)c5c(c4)C(=O)c4cccc(O)c4C5=O)cc2)C(C1)C3. The maximum atomic E-state index is 13.2. The number of aromatic hydroxyl groups is 2. The van der Waals surface area contributed by atoms with E-state index >= 15 is 0 Å². The lowest BCUT2D eigenvalue weighted by Crippen LogP contribution is -2.37. The molecule has 49 heavy (non-hydrogen) atoms. The highest BCUT2D eigenvalue weighted by molar-refractivity contribution is 6.39. The average Bonchev–Trinajstić information content (AvgIpc) is 3.30. The molecule has 0 saturated carbocycles. The average molecular weight is 672 g/mol. The number of carbonyl (C=O) groups is 3. The van der Waals surface area contributed by atoms with Crippen molar-refractivity contribution in [1.29, 1.82) is 0 Å². The maximum Gasteiger partial charge on any atom is 0.251 e. The number of nitrogens with one attached hydrogen (secondary N) is 2. The van der Waals surface area contributed by atoms with Gasteiger partial charge in [-0.15, -0.1) is 0 Å². The fourth-order valence-electron chi connectivity index (χ4n) is 8.12. The molecule has 0 saturated heterocycles. The first kappa shape index (κ1) is 31.1. The number of benzene rings is 3. The minimum absolute atomic E-state index is 0.0304. The number of aliphatic imine (C=N–C) groups is 1. The molecule has 1 amide bonds. The molecule has 8 rings (SSSR count). The van der Waals surface area contributed by atoms with E-state index in [4.69, 9.17) is 16.6 Å². The molecule has 3 aromatic rings. The van der Waals surface area contributed by atoms with Crippen LogP contribution in [0.2, 0.25) is 0 Å². The fourth-order valence-corrected chi connectivity index (χ4v) is 8.29. The van der Waals surface area contributed by atoms with Crippen LogP contribution in [0.4, 0.5) is 0 Å². The summed E-state index contributed by atoms with van der Waals surface area (Å²) in [5.41, 5.74) is 4.89. The molecule has 1 heterocycles. The molecule has 9 heteroatoms. The van der Waals surface area contributed by atoms with Gasteiger partial charge in [-0.2, -0.15) is 0 Å². The molecule has 246 valence electrons. The summed E-state index contributed by atoms with van der Waals surface area (Å²) in [5.74, 6) is -1.21. The van der Waals surface area contributed by atoms with E-state index in [9.17, 15) is 24.6 Å². The third-order valence-corrected chi connectivity index (χ3v) is 10.7. The van der Waals surface area contributed by atoms with Gasteiger partial charge >= 0.3 is 0 Å². The number of dihydropyridines is 1. The molecule has 4 unspecified atom stereocenters. The van der Waals surface area contributed by atoms with Crippen LogP contribution >= 0.6 is 11.6 Å². The molecule has 4 atom stereocenters. The molecule has 1 aliphatic heterocycles. The Balaban J connectivity index is 0.953. The molecule has 4 N–H and O–H groups in total. The van der Waals surface area contributed by atoms with Crippen molar-refractivity contribution in [1.82, 2.24) is 10.6 Å². The van der Waals surface area contributed by atoms with Gasteiger partial charge in [-0.3, -0.25) is 19.4 Å². The minimum atomic E-state index is -0.666. The Hall–Kier alpha value is -5.21. The van der Waals surface area contributed by atoms with Crippen molar-refractivity contribution in [2.24, 2.45) is 22.7 Å². The predicted octanol–water partition coefficient (Wildman–Crippen LogP) is 6.66. The molecular weight excluding hydrogens is 638 g/mol. The quantitative estimate of drug-likeness (QED) is 0.170. The first-order valence-electron chi connectivity index (χ1n) is 16.6. The van der Waals surface area contributed by atoms with Crippen LogP contribution in [-0.2, 0) is 13.1 Å². The van der Waals surface area contributed by atoms with Crippen molar-refractivity contribution in [3.8, 4) is 11.5 Å². The van der Waals surface area contributed by atoms with Gasteiger partial charge in [0.1, 0.15) is 17.0 Å². The van der Waals surface area contributed by atoms with Crippen molar-refractivity contribution in [3.05, 3.63) is 140 Å². The van der Waals surface area contributed by atoms with Crippen molar-refractivity contribution in [2.45, 2.75) is 44.8 Å². The van der Waals surface area contributed by atoms with Crippen molar-refractivity contribution in [3.63, 3.8) is 0 Å². The Morgan fingerprint density at radius 1 is 0.939 bits per heavy atom. The summed E-state index contributed by atoms with van der Waals surface area (Å²) in [6, 6.07) is 14.7. The van der Waals surface area contributed by atoms with Crippen LogP contribution < -0.4 is 10.6 Å². The van der Waals surface area contributed by atoms with Crippen molar-refractivity contribution in [2.75, 3.05) is 0 Å². The number of hydrogen-bond acceptors (Lipinski definition) is 7. The summed E-state index contributed by atoms with van der Waals surface area (Å²) < 4.78 is 0. The Bertz CT molecular complexity index is 2130. The van der Waals surface area contributed by atoms with Gasteiger partial charge < -0.3 is 20.8 Å². The number of amides is 1. The Morgan fingerprint density at radius 2 is 1.69 bits per heavy atom. The second-order valence-electron chi connectivity index (χ2n) is 13.6. The zero-order chi connectivity index (χ0) is 34.0. The Labute approximate surface area is 288 Å². The summed E-state index contributed by atoms with van der Waals surface area (Å²) in [6.07, 6.45) is 14.1. The van der Waals surface area contributed by atoms with Gasteiger partial charge in [-0.1, -0.05) is 67.1 Å². The highest BCUT2D eigenvalue weighted by atomic mass is 35.5. The molecular formula is C40H34ClN3O5. The molecule has 3 aromatic carbocycles. The number of halogens is 1. The van der Waals surface area contributed by atoms with Gasteiger partial charge in [0.2, 0.25) is 5.78 Å². The number of carbonyl (C=O) groups excluding carboxylic acids is 3. The smallest absolute Gasteiger partial charge is 0.251 e. The topological polar surface area (TPSA) is 128 Å². The van der Waals surface area contributed by atoms with E-state index in [0.717, 1.165) is 36.0 Å². The number of ketones is 2. The van der Waals surface area contributed by atoms with Crippen LogP contribution in [0, 0.1) is 17.8 Å². The standard InChI is InChI=1S/C40H34ClN3O5/c1-21-11-25-13-24-9-10-27-16-28(41)20-44-40(27,31(24)12-21)17-32(25)42-18-22-5-7-23(8-6-22)19-43-39(49)26-14-30-36(34(46)15-26)38(48)35-29(37(30)47)3-2-4-33(35)45/h2-8,10,12,14-17,20-21,24-25,42,45-46H,9,11,13,18-19H2,1H3,(H,43,49). The normalized spacial score (nSPS) is 24.7. The molecule has 0 radical (unpaired) electrons. The highest BCUT2D eigenvalue weighted by Crippen LogP contribution is 2.53. The minimum Gasteiger partial charge on any atom is -0.507 e. The molecule has 4 bridgehead atoms. The molecule has 1 spiro atoms. The monoisotopic (exact) mass is 671 g/mol. The summed E-state index contributed by atoms with van der Waals surface area (Å²) in [5, 5.41) is 28.1. The summed E-state index contributed by atoms with van der Waals surface area (Å²) in [6.45, 7) is 3.16. The van der Waals surface area contributed by atoms with Crippen LogP contribution in [0.1, 0.15) is 79.5 Å². The van der Waals surface area contributed by atoms with E-state index in [-0.39, 0.29) is 40.1 Å². The van der Waals surface area contributed by atoms with Gasteiger partial charge in [0, 0.05) is 41.7 Å². The third kappa shape index (κ3) is 5.22. The van der Waals surface area contributed by atoms with E-state index in [1.54, 1.807) is 6.21 Å². The van der Waals surface area contributed by atoms with Gasteiger partial charge in [-0.25, -0.2) is 0 Å². The Kier molecular flexibility index (Phi) is 7.45. The van der Waals surface area contributed by atoms with E-state index in [1.807, 2.05) is 24.3 Å². The zero-order valence-corrected chi connectivity index (χ0v) is 27.6. The van der Waals surface area contributed by atoms with Crippen LogP contribution in [0.3, 0.4) is 0 Å². The third-order valence-electron chi connectivity index (χ3n) is 10.5. The lowest BCUT2D eigenvalue weighted by molar-refractivity contribution is 0.0947. The Morgan fingerprint density at radius 3 is 2.49 bits per heavy atom. The second-order valence-corrected chi connectivity index (χ2v) is 14.1. The first-order valence-corrected chi connectivity index (χ1v) is 17.0. The van der Waals surface area contributed by atoms with Crippen LogP contribution in [-0.4, -0.2) is 39.4 Å². The second kappa shape index (κ2) is 11.7. The van der Waals surface area contributed by atoms with Gasteiger partial charge in [0.25, 0.3) is 5.91 Å². The lowest BCUT2D eigenvalue weighted by Gasteiger charge is -2.40. The van der Waals surface area contributed by atoms with Crippen LogP contribution in [0.25, 0.3) is 0 Å². The maximum absolute atomic E-state index is 13.2. The summed E-state index contributed by atoms with van der Waals surface area (Å²) in [4.78, 5) is 44.4. The number of phenolic OH excluding ortho intramolecular Hbond substituents is 2. The predicted molar refractivity (Wildman–Crippen MR) is 187 cm³/mol. The van der Waals surface area contributed by atoms with Crippen LogP contribution in [0.5, 0.6) is 11.5 Å². The number of fused-ring (bicyclic) bond motifs is 3. The van der Waals surface area contributed by atoms with E-state index in [2.05, 4.69) is 41.9 Å². The van der Waals surface area contributed by atoms with E-state index < -0.39 is 28.8 Å². The molecule has 4 aliphatic carbocycles. The number of allylic oxidation sites excluding steroid dienone is 4. The largest absolute Gasteiger partial charge is 0.507 e. The van der Waals surface area contributed by atoms with Gasteiger partial charge in [0.15, 0.2) is 5.78 Å². The molecule has 8 nitrogen and oxygen atoms in total. The highest BCUT2D eigenvalue weighted by Gasteiger charge is 2.47. The lowest BCUT2D eigenvalue weighted by atomic mass is 9.69. The molecule has 5 aliphatic rings. The number of nitrogens with zero attached hydrogens (tertiary/aromatic N) is 1. The number of rotatable bonds is 6. The van der Waals surface area contributed by atoms with Crippen LogP contribution in [0.15, 0.2) is 106 Å². The van der Waals surface area contributed by atoms with E-state index in [0.29, 0.717) is 29.3 Å². The zero-order valence-electron chi connectivity index (χ0n) is 26.8. The van der Waals surface area contributed by atoms with Gasteiger partial charge in [-0.05, 0) is 89.6 Å². The van der Waals surface area contributed by atoms with Crippen molar-refractivity contribution < 1.29 is 24.6 Å². The number of phenols is 2. The molecule has 0 fully saturated rings. The first-order chi connectivity index (χ1) is 23.6.